The van der Waals surface area contributed by atoms with Gasteiger partial charge in [0.1, 0.15) is 5.01 Å². The fourth-order valence-electron chi connectivity index (χ4n) is 3.74. The summed E-state index contributed by atoms with van der Waals surface area (Å²) in [5.74, 6) is -0.517. The molecule has 5 aromatic rings. The van der Waals surface area contributed by atoms with Crippen molar-refractivity contribution in [1.82, 2.24) is 19.9 Å². The summed E-state index contributed by atoms with van der Waals surface area (Å²) in [7, 11) is -3.92. The van der Waals surface area contributed by atoms with Crippen LogP contribution < -0.4 is 4.72 Å². The Morgan fingerprint density at radius 1 is 1.03 bits per heavy atom. The van der Waals surface area contributed by atoms with Crippen molar-refractivity contribution in [2.75, 3.05) is 0 Å². The Kier molecular flexibility index (Phi) is 7.47. The number of thiazole rings is 1. The normalized spacial score (nSPS) is 13.6. The monoisotopic (exact) mass is 573 g/mol. The van der Waals surface area contributed by atoms with Crippen molar-refractivity contribution in [2.45, 2.75) is 17.5 Å². The molecule has 2 aromatic heterocycles. The van der Waals surface area contributed by atoms with Crippen LogP contribution in [0.25, 0.3) is 21.3 Å². The Labute approximate surface area is 223 Å². The van der Waals surface area contributed by atoms with Crippen LogP contribution in [0.4, 0.5) is 0 Å². The first kappa shape index (κ1) is 25.6. The molecule has 2 heterocycles. The van der Waals surface area contributed by atoms with Crippen LogP contribution >= 0.6 is 22.9 Å². The highest BCUT2D eigenvalue weighted by Crippen LogP contribution is 2.38. The molecule has 1 N–H and O–H groups in total. The van der Waals surface area contributed by atoms with E-state index in [0.717, 1.165) is 15.8 Å². The summed E-state index contributed by atoms with van der Waals surface area (Å²) in [6, 6.07) is 21.8. The van der Waals surface area contributed by atoms with E-state index in [2.05, 4.69) is 19.9 Å². The van der Waals surface area contributed by atoms with Crippen molar-refractivity contribution in [3.63, 3.8) is 0 Å². The minimum atomic E-state index is -3.92. The standard InChI is InChI=1S/C24H19ClN4O5S3/c25-18-9-6-16(7-10-18)17-8-11-19-20(12-17)35-24(27-19)22(23-29-28-21(34-23)13-26-36(30)31)37(32,33)14-15-4-2-1-3-5-15/h1-12,22,26H,13-14H2,(H,30,31)/p-1. The van der Waals surface area contributed by atoms with Crippen molar-refractivity contribution in [1.29, 1.82) is 0 Å². The summed E-state index contributed by atoms with van der Waals surface area (Å²) in [5.41, 5.74) is 3.11. The first-order valence-corrected chi connectivity index (χ1v) is 14.8. The number of halogens is 1. The van der Waals surface area contributed by atoms with Gasteiger partial charge >= 0.3 is 0 Å². The maximum atomic E-state index is 13.7. The maximum Gasteiger partial charge on any atom is 0.241 e. The highest BCUT2D eigenvalue weighted by Gasteiger charge is 2.37. The number of hydrogen-bond donors (Lipinski definition) is 1. The van der Waals surface area contributed by atoms with Crippen LogP contribution in [0.2, 0.25) is 5.02 Å². The maximum absolute atomic E-state index is 13.7. The second-order valence-electron chi connectivity index (χ2n) is 8.00. The van der Waals surface area contributed by atoms with Gasteiger partial charge in [0.2, 0.25) is 11.8 Å². The molecule has 3 aromatic carbocycles. The molecule has 0 aliphatic heterocycles. The van der Waals surface area contributed by atoms with Crippen molar-refractivity contribution in [3.8, 4) is 11.1 Å². The summed E-state index contributed by atoms with van der Waals surface area (Å²) < 4.78 is 57.5. The molecule has 0 saturated carbocycles. The van der Waals surface area contributed by atoms with E-state index in [-0.39, 0.29) is 29.1 Å². The van der Waals surface area contributed by atoms with Crippen LogP contribution in [0.1, 0.15) is 27.6 Å². The van der Waals surface area contributed by atoms with E-state index in [1.165, 1.54) is 11.3 Å². The van der Waals surface area contributed by atoms with Gasteiger partial charge in [0.15, 0.2) is 15.1 Å². The molecule has 0 aliphatic rings. The lowest BCUT2D eigenvalue weighted by Crippen LogP contribution is -2.17. The number of sulfone groups is 1. The average Bonchev–Trinajstić information content (AvgIpc) is 3.50. The Morgan fingerprint density at radius 2 is 1.76 bits per heavy atom. The summed E-state index contributed by atoms with van der Waals surface area (Å²) in [5, 5.41) is 7.33. The number of fused-ring (bicyclic) bond motifs is 1. The quantitative estimate of drug-likeness (QED) is 0.253. The molecule has 9 nitrogen and oxygen atoms in total. The molecular formula is C24H18ClN4O5S3-. The van der Waals surface area contributed by atoms with Crippen LogP contribution in [0.3, 0.4) is 0 Å². The highest BCUT2D eigenvalue weighted by molar-refractivity contribution is 7.91. The predicted molar refractivity (Wildman–Crippen MR) is 141 cm³/mol. The van der Waals surface area contributed by atoms with E-state index in [9.17, 15) is 17.2 Å². The van der Waals surface area contributed by atoms with E-state index in [1.807, 2.05) is 30.3 Å². The molecule has 2 unspecified atom stereocenters. The average molecular weight is 574 g/mol. The van der Waals surface area contributed by atoms with Crippen LogP contribution in [0, 0.1) is 0 Å². The summed E-state index contributed by atoms with van der Waals surface area (Å²) in [6.07, 6.45) is 0. The van der Waals surface area contributed by atoms with Crippen molar-refractivity contribution >= 4 is 54.3 Å². The third kappa shape index (κ3) is 5.95. The first-order chi connectivity index (χ1) is 17.8. The lowest BCUT2D eigenvalue weighted by molar-refractivity contribution is 0.440. The van der Waals surface area contributed by atoms with E-state index in [4.69, 9.17) is 16.0 Å². The molecule has 5 rings (SSSR count). The van der Waals surface area contributed by atoms with Gasteiger partial charge in [-0.3, -0.25) is 4.21 Å². The summed E-state index contributed by atoms with van der Waals surface area (Å²) in [4.78, 5) is 4.61. The lowest BCUT2D eigenvalue weighted by Gasteiger charge is -2.12. The number of nitrogens with zero attached hydrogens (tertiary/aromatic N) is 3. The number of aromatic nitrogens is 3. The van der Waals surface area contributed by atoms with Crippen molar-refractivity contribution < 1.29 is 21.6 Å². The minimum absolute atomic E-state index is 0.0646. The topological polar surface area (TPSA) is 138 Å². The second-order valence-corrected chi connectivity index (χ2v) is 12.3. The smallest absolute Gasteiger partial charge is 0.241 e. The van der Waals surface area contributed by atoms with Gasteiger partial charge in [-0.05, 0) is 41.0 Å². The molecule has 0 spiro atoms. The van der Waals surface area contributed by atoms with Gasteiger partial charge in [0, 0.05) is 16.3 Å². The number of rotatable bonds is 9. The minimum Gasteiger partial charge on any atom is -0.760 e. The molecule has 0 amide bonds. The molecule has 37 heavy (non-hydrogen) atoms. The number of nitrogens with one attached hydrogen (secondary N) is 1. The van der Waals surface area contributed by atoms with Gasteiger partial charge in [0.05, 0.1) is 22.5 Å². The van der Waals surface area contributed by atoms with E-state index >= 15 is 0 Å². The van der Waals surface area contributed by atoms with Gasteiger partial charge < -0.3 is 8.97 Å². The van der Waals surface area contributed by atoms with Crippen molar-refractivity contribution in [3.05, 3.63) is 100 Å². The van der Waals surface area contributed by atoms with Crippen LogP contribution in [-0.4, -0.2) is 32.4 Å². The molecule has 13 heteroatoms. The summed E-state index contributed by atoms with van der Waals surface area (Å²) >= 11 is 4.69. The van der Waals surface area contributed by atoms with E-state index in [1.54, 1.807) is 42.5 Å². The largest absolute Gasteiger partial charge is 0.760 e. The van der Waals surface area contributed by atoms with Crippen LogP contribution in [0.5, 0.6) is 0 Å². The zero-order valence-corrected chi connectivity index (χ0v) is 22.1. The van der Waals surface area contributed by atoms with Gasteiger partial charge in [-0.25, -0.2) is 18.1 Å². The fraction of sp³-hybridized carbons (Fsp3) is 0.125. The Balaban J connectivity index is 1.56. The third-order valence-corrected chi connectivity index (χ3v) is 9.17. The van der Waals surface area contributed by atoms with E-state index in [0.29, 0.717) is 16.1 Å². The van der Waals surface area contributed by atoms with Gasteiger partial charge in [-0.1, -0.05) is 60.1 Å². The molecule has 0 bridgehead atoms. The Bertz CT molecular complexity index is 1670. The fourth-order valence-corrected chi connectivity index (χ4v) is 7.26. The second kappa shape index (κ2) is 10.8. The summed E-state index contributed by atoms with van der Waals surface area (Å²) in [6.45, 7) is -0.265. The van der Waals surface area contributed by atoms with Crippen LogP contribution in [0.15, 0.2) is 77.2 Å². The molecule has 0 fully saturated rings. The third-order valence-electron chi connectivity index (χ3n) is 5.42. The molecule has 190 valence electrons. The molecule has 0 aliphatic carbocycles. The molecule has 0 radical (unpaired) electrons. The van der Waals surface area contributed by atoms with E-state index < -0.39 is 26.4 Å². The molecular weight excluding hydrogens is 556 g/mol. The zero-order chi connectivity index (χ0) is 26.0. The molecule has 0 saturated heterocycles. The highest BCUT2D eigenvalue weighted by atomic mass is 35.5. The van der Waals surface area contributed by atoms with Crippen molar-refractivity contribution in [2.24, 2.45) is 0 Å². The van der Waals surface area contributed by atoms with Gasteiger partial charge in [0.25, 0.3) is 0 Å². The Morgan fingerprint density at radius 3 is 2.49 bits per heavy atom. The molecule has 2 atom stereocenters. The lowest BCUT2D eigenvalue weighted by atomic mass is 10.1. The van der Waals surface area contributed by atoms with Crippen LogP contribution in [-0.2, 0) is 33.4 Å². The predicted octanol–water partition coefficient (Wildman–Crippen LogP) is 4.59. The first-order valence-electron chi connectivity index (χ1n) is 10.9. The number of benzene rings is 3. The van der Waals surface area contributed by atoms with Gasteiger partial charge in [-0.15, -0.1) is 21.5 Å². The van der Waals surface area contributed by atoms with Gasteiger partial charge in [-0.2, -0.15) is 0 Å². The number of hydrogen-bond acceptors (Lipinski definition) is 9. The Hall–Kier alpha value is -3.00. The zero-order valence-electron chi connectivity index (χ0n) is 18.9. The SMILES string of the molecule is O=S([O-])NCc1nnc(C(c2nc3ccc(-c4ccc(Cl)cc4)cc3s2)S(=O)(=O)Cc2ccccc2)o1.